The van der Waals surface area contributed by atoms with Crippen LogP contribution >= 0.6 is 11.6 Å². The second-order valence-corrected chi connectivity index (χ2v) is 8.39. The predicted octanol–water partition coefficient (Wildman–Crippen LogP) is 2.59. The summed E-state index contributed by atoms with van der Waals surface area (Å²) in [5, 5.41) is 1.57. The normalized spacial score (nSPS) is 19.5. The molecule has 1 saturated heterocycles. The van der Waals surface area contributed by atoms with E-state index in [2.05, 4.69) is 5.32 Å². The number of rotatable bonds is 5. The summed E-state index contributed by atoms with van der Waals surface area (Å²) >= 11 is 5.97. The standard InChI is InChI=1S/C15H19ClFNO4S/c1-4-22-15-10(8(2)23(3,20)21)6-11(16)14(17)13(15)9-5-12(19)18-7-9/h6,8-9H,4-5,7H2,1-3H3,(H,18,19)/t8-,9+/m1/s1. The minimum absolute atomic E-state index is 0.115. The second-order valence-electron chi connectivity index (χ2n) is 5.61. The lowest BCUT2D eigenvalue weighted by molar-refractivity contribution is -0.119. The predicted molar refractivity (Wildman–Crippen MR) is 86.2 cm³/mol. The van der Waals surface area contributed by atoms with Crippen LogP contribution < -0.4 is 10.1 Å². The number of carbonyl (C=O) groups is 1. The Balaban J connectivity index is 2.68. The van der Waals surface area contributed by atoms with E-state index in [9.17, 15) is 17.6 Å². The SMILES string of the molecule is CCOc1c([C@@H](C)S(C)(=O)=O)cc(Cl)c(F)c1[C@@H]1CNC(=O)C1. The molecule has 1 fully saturated rings. The van der Waals surface area contributed by atoms with Gasteiger partial charge in [-0.25, -0.2) is 12.8 Å². The molecule has 0 unspecified atom stereocenters. The van der Waals surface area contributed by atoms with Crippen LogP contribution in [-0.4, -0.2) is 33.7 Å². The monoisotopic (exact) mass is 363 g/mol. The molecule has 1 heterocycles. The number of ether oxygens (including phenoxy) is 1. The first-order valence-corrected chi connectivity index (χ1v) is 9.60. The van der Waals surface area contributed by atoms with E-state index < -0.39 is 26.8 Å². The molecule has 1 aliphatic heterocycles. The van der Waals surface area contributed by atoms with Crippen molar-refractivity contribution in [1.82, 2.24) is 5.32 Å². The highest BCUT2D eigenvalue weighted by Gasteiger charge is 2.33. The molecule has 5 nitrogen and oxygen atoms in total. The van der Waals surface area contributed by atoms with Crippen LogP contribution in [0.5, 0.6) is 5.75 Å². The molecule has 23 heavy (non-hydrogen) atoms. The largest absolute Gasteiger partial charge is 0.493 e. The lowest BCUT2D eigenvalue weighted by Gasteiger charge is -2.22. The topological polar surface area (TPSA) is 72.5 Å². The molecule has 1 aliphatic rings. The average Bonchev–Trinajstić information content (AvgIpc) is 2.87. The Labute approximate surface area is 140 Å². The minimum Gasteiger partial charge on any atom is -0.493 e. The lowest BCUT2D eigenvalue weighted by atomic mass is 9.93. The molecule has 2 rings (SSSR count). The summed E-state index contributed by atoms with van der Waals surface area (Å²) in [5.74, 6) is -1.11. The number of carbonyl (C=O) groups excluding carboxylic acids is 1. The van der Waals surface area contributed by atoms with Gasteiger partial charge in [-0.2, -0.15) is 0 Å². The number of hydrogen-bond acceptors (Lipinski definition) is 4. The smallest absolute Gasteiger partial charge is 0.220 e. The fourth-order valence-electron chi connectivity index (χ4n) is 2.66. The van der Waals surface area contributed by atoms with Gasteiger partial charge in [-0.1, -0.05) is 11.6 Å². The third kappa shape index (κ3) is 3.61. The second kappa shape index (κ2) is 6.65. The van der Waals surface area contributed by atoms with E-state index in [1.54, 1.807) is 6.92 Å². The molecule has 8 heteroatoms. The number of hydrogen-bond donors (Lipinski definition) is 1. The van der Waals surface area contributed by atoms with E-state index in [1.807, 2.05) is 0 Å². The van der Waals surface area contributed by atoms with Crippen molar-refractivity contribution < 1.29 is 22.3 Å². The number of halogens is 2. The molecule has 0 aromatic heterocycles. The maximum absolute atomic E-state index is 14.6. The van der Waals surface area contributed by atoms with Crippen LogP contribution in [0.4, 0.5) is 4.39 Å². The fraction of sp³-hybridized carbons (Fsp3) is 0.533. The molecule has 1 aromatic rings. The van der Waals surface area contributed by atoms with Gasteiger partial charge < -0.3 is 10.1 Å². The molecule has 0 saturated carbocycles. The van der Waals surface area contributed by atoms with Crippen molar-refractivity contribution in [2.75, 3.05) is 19.4 Å². The van der Waals surface area contributed by atoms with Gasteiger partial charge in [0.15, 0.2) is 9.84 Å². The molecule has 1 N–H and O–H groups in total. The van der Waals surface area contributed by atoms with Crippen LogP contribution in [0.15, 0.2) is 6.07 Å². The molecule has 1 aromatic carbocycles. The molecule has 0 radical (unpaired) electrons. The number of amides is 1. The minimum atomic E-state index is -3.42. The van der Waals surface area contributed by atoms with Gasteiger partial charge in [-0.3, -0.25) is 4.79 Å². The quantitative estimate of drug-likeness (QED) is 0.872. The van der Waals surface area contributed by atoms with Crippen LogP contribution in [0.25, 0.3) is 0 Å². The summed E-state index contributed by atoms with van der Waals surface area (Å²) in [6.45, 7) is 3.74. The highest BCUT2D eigenvalue weighted by atomic mass is 35.5. The van der Waals surface area contributed by atoms with Gasteiger partial charge in [0.1, 0.15) is 11.6 Å². The first kappa shape index (κ1) is 18.0. The molecule has 0 bridgehead atoms. The van der Waals surface area contributed by atoms with Crippen LogP contribution in [0, 0.1) is 5.82 Å². The van der Waals surface area contributed by atoms with Crippen LogP contribution in [0.1, 0.15) is 42.6 Å². The third-order valence-electron chi connectivity index (χ3n) is 3.99. The van der Waals surface area contributed by atoms with E-state index in [0.717, 1.165) is 6.26 Å². The van der Waals surface area contributed by atoms with Crippen molar-refractivity contribution in [2.24, 2.45) is 0 Å². The summed E-state index contributed by atoms with van der Waals surface area (Å²) in [4.78, 5) is 11.5. The Hall–Kier alpha value is -1.34. The first-order chi connectivity index (χ1) is 10.7. The Morgan fingerprint density at radius 2 is 2.17 bits per heavy atom. The van der Waals surface area contributed by atoms with Crippen molar-refractivity contribution in [2.45, 2.75) is 31.4 Å². The molecular weight excluding hydrogens is 345 g/mol. The summed E-state index contributed by atoms with van der Waals surface area (Å²) in [7, 11) is -3.42. The Bertz CT molecular complexity index is 735. The van der Waals surface area contributed by atoms with Crippen molar-refractivity contribution in [3.8, 4) is 5.75 Å². The van der Waals surface area contributed by atoms with E-state index in [-0.39, 0.29) is 41.8 Å². The number of sulfone groups is 1. The van der Waals surface area contributed by atoms with Gasteiger partial charge >= 0.3 is 0 Å². The Kier molecular flexibility index (Phi) is 5.20. The molecule has 0 spiro atoms. The maximum Gasteiger partial charge on any atom is 0.220 e. The fourth-order valence-corrected chi connectivity index (χ4v) is 3.52. The number of benzene rings is 1. The molecule has 1 amide bonds. The lowest BCUT2D eigenvalue weighted by Crippen LogP contribution is -2.16. The molecule has 0 aliphatic carbocycles. The zero-order chi connectivity index (χ0) is 17.4. The van der Waals surface area contributed by atoms with Gasteiger partial charge in [-0.05, 0) is 19.9 Å². The summed E-state index contributed by atoms with van der Waals surface area (Å²) < 4.78 is 44.0. The van der Waals surface area contributed by atoms with Crippen LogP contribution in [0.2, 0.25) is 5.02 Å². The van der Waals surface area contributed by atoms with Gasteiger partial charge in [0.25, 0.3) is 0 Å². The van der Waals surface area contributed by atoms with Crippen LogP contribution in [-0.2, 0) is 14.6 Å². The van der Waals surface area contributed by atoms with Gasteiger partial charge in [0, 0.05) is 36.3 Å². The molecule has 128 valence electrons. The molecule has 2 atom stereocenters. The zero-order valence-electron chi connectivity index (χ0n) is 13.2. The van der Waals surface area contributed by atoms with E-state index in [4.69, 9.17) is 16.3 Å². The summed E-state index contributed by atoms with van der Waals surface area (Å²) in [6.07, 6.45) is 1.22. The highest BCUT2D eigenvalue weighted by molar-refractivity contribution is 7.90. The van der Waals surface area contributed by atoms with Crippen molar-refractivity contribution in [3.05, 3.63) is 28.0 Å². The zero-order valence-corrected chi connectivity index (χ0v) is 14.7. The Morgan fingerprint density at radius 1 is 1.52 bits per heavy atom. The first-order valence-electron chi connectivity index (χ1n) is 7.26. The van der Waals surface area contributed by atoms with Crippen LogP contribution in [0.3, 0.4) is 0 Å². The average molecular weight is 364 g/mol. The summed E-state index contributed by atoms with van der Waals surface area (Å²) in [5.41, 5.74) is 0.485. The maximum atomic E-state index is 14.6. The van der Waals surface area contributed by atoms with Crippen molar-refractivity contribution in [1.29, 1.82) is 0 Å². The van der Waals surface area contributed by atoms with E-state index >= 15 is 0 Å². The van der Waals surface area contributed by atoms with Crippen molar-refractivity contribution >= 4 is 27.3 Å². The van der Waals surface area contributed by atoms with Gasteiger partial charge in [-0.15, -0.1) is 0 Å². The Morgan fingerprint density at radius 3 is 2.65 bits per heavy atom. The van der Waals surface area contributed by atoms with Gasteiger partial charge in [0.2, 0.25) is 5.91 Å². The molecular formula is C15H19ClFNO4S. The highest BCUT2D eigenvalue weighted by Crippen LogP contribution is 2.43. The van der Waals surface area contributed by atoms with E-state index in [1.165, 1.54) is 13.0 Å². The summed E-state index contributed by atoms with van der Waals surface area (Å²) in [6, 6.07) is 1.29. The van der Waals surface area contributed by atoms with E-state index in [0.29, 0.717) is 5.56 Å². The number of nitrogens with one attached hydrogen (secondary N) is 1. The van der Waals surface area contributed by atoms with Gasteiger partial charge in [0.05, 0.1) is 16.9 Å². The third-order valence-corrected chi connectivity index (χ3v) is 5.80. The van der Waals surface area contributed by atoms with Crippen molar-refractivity contribution in [3.63, 3.8) is 0 Å².